The van der Waals surface area contributed by atoms with Gasteiger partial charge in [-0.25, -0.2) is 0 Å². The number of amides is 3. The van der Waals surface area contributed by atoms with E-state index in [4.69, 9.17) is 0 Å². The molecule has 2 saturated carbocycles. The van der Waals surface area contributed by atoms with E-state index in [0.29, 0.717) is 42.6 Å². The first-order valence-corrected chi connectivity index (χ1v) is 10.9. The van der Waals surface area contributed by atoms with Crippen LogP contribution in [-0.4, -0.2) is 46.1 Å². The highest BCUT2D eigenvalue weighted by atomic mass is 16.2. The van der Waals surface area contributed by atoms with Gasteiger partial charge in [0.2, 0.25) is 5.91 Å². The average Bonchev–Trinajstić information content (AvgIpc) is 3.52. The Kier molecular flexibility index (Phi) is 5.51. The highest BCUT2D eigenvalue weighted by Gasteiger charge is 2.39. The van der Waals surface area contributed by atoms with Gasteiger partial charge in [-0.05, 0) is 63.0 Å². The number of benzene rings is 1. The number of carbonyl (C=O) groups is 3. The van der Waals surface area contributed by atoms with Gasteiger partial charge in [0, 0.05) is 25.0 Å². The summed E-state index contributed by atoms with van der Waals surface area (Å²) in [6.45, 7) is 2.58. The van der Waals surface area contributed by atoms with Crippen molar-refractivity contribution in [1.29, 1.82) is 0 Å². The number of nitrogens with zero attached hydrogens (tertiary/aromatic N) is 2. The molecule has 3 aliphatic rings. The maximum absolute atomic E-state index is 13.0. The molecule has 1 aliphatic heterocycles. The zero-order valence-corrected chi connectivity index (χ0v) is 16.7. The monoisotopic (exact) mass is 382 g/mol. The zero-order valence-electron chi connectivity index (χ0n) is 16.7. The lowest BCUT2D eigenvalue weighted by atomic mass is 9.83. The molecule has 1 aromatic carbocycles. The third-order valence-electron chi connectivity index (χ3n) is 6.67. The molecule has 0 bridgehead atoms. The molecule has 0 atom stereocenters. The van der Waals surface area contributed by atoms with E-state index in [9.17, 15) is 14.4 Å². The number of imide groups is 1. The van der Waals surface area contributed by atoms with Crippen LogP contribution < -0.4 is 0 Å². The van der Waals surface area contributed by atoms with E-state index in [1.165, 1.54) is 24.2 Å². The number of fused-ring (bicyclic) bond motifs is 1. The molecular weight excluding hydrogens is 352 g/mol. The van der Waals surface area contributed by atoms with E-state index in [2.05, 4.69) is 11.8 Å². The highest BCUT2D eigenvalue weighted by molar-refractivity contribution is 6.21. The van der Waals surface area contributed by atoms with Crippen molar-refractivity contribution in [2.45, 2.75) is 76.8 Å². The largest absolute Gasteiger partial charge is 0.337 e. The smallest absolute Gasteiger partial charge is 0.261 e. The summed E-state index contributed by atoms with van der Waals surface area (Å²) in [7, 11) is 0. The van der Waals surface area contributed by atoms with Crippen LogP contribution >= 0.6 is 0 Å². The lowest BCUT2D eigenvalue weighted by Gasteiger charge is -2.37. The minimum atomic E-state index is -0.231. The molecule has 2 aliphatic carbocycles. The summed E-state index contributed by atoms with van der Waals surface area (Å²) in [5, 5.41) is 0. The zero-order chi connectivity index (χ0) is 19.7. The van der Waals surface area contributed by atoms with Crippen LogP contribution in [0.2, 0.25) is 0 Å². The molecule has 3 amide bonds. The van der Waals surface area contributed by atoms with Crippen molar-refractivity contribution in [3.63, 3.8) is 0 Å². The first-order chi connectivity index (χ1) is 13.6. The average molecular weight is 383 g/mol. The summed E-state index contributed by atoms with van der Waals surface area (Å²) in [5.41, 5.74) is 0.956. The fraction of sp³-hybridized carbons (Fsp3) is 0.609. The molecule has 5 heteroatoms. The van der Waals surface area contributed by atoms with Gasteiger partial charge >= 0.3 is 0 Å². The third-order valence-corrected chi connectivity index (χ3v) is 6.67. The van der Waals surface area contributed by atoms with Crippen molar-refractivity contribution in [3.8, 4) is 0 Å². The second-order valence-electron chi connectivity index (χ2n) is 8.53. The molecule has 0 unspecified atom stereocenters. The van der Waals surface area contributed by atoms with Gasteiger partial charge in [0.25, 0.3) is 11.8 Å². The van der Waals surface area contributed by atoms with Crippen molar-refractivity contribution in [3.05, 3.63) is 35.4 Å². The standard InChI is InChI=1S/C23H30N2O3/c1-2-16-9-11-17(12-10-16)25(18-13-14-18)21(26)8-5-15-24-22(27)19-6-3-4-7-20(19)23(24)28/h3-4,6-7,16-18H,2,5,8-15H2,1H3. The van der Waals surface area contributed by atoms with E-state index in [0.717, 1.165) is 31.6 Å². The van der Waals surface area contributed by atoms with Crippen LogP contribution in [0.25, 0.3) is 0 Å². The molecule has 0 radical (unpaired) electrons. The fourth-order valence-corrected chi connectivity index (χ4v) is 4.85. The van der Waals surface area contributed by atoms with Crippen molar-refractivity contribution in [1.82, 2.24) is 9.80 Å². The summed E-state index contributed by atoms with van der Waals surface area (Å²) in [5.74, 6) is 0.565. The van der Waals surface area contributed by atoms with Crippen molar-refractivity contribution in [2.24, 2.45) is 5.92 Å². The maximum atomic E-state index is 13.0. The van der Waals surface area contributed by atoms with Crippen LogP contribution in [0.5, 0.6) is 0 Å². The van der Waals surface area contributed by atoms with Crippen LogP contribution in [0.3, 0.4) is 0 Å². The number of rotatable bonds is 7. The first kappa shape index (κ1) is 19.2. The van der Waals surface area contributed by atoms with Gasteiger partial charge in [-0.2, -0.15) is 0 Å². The topological polar surface area (TPSA) is 57.7 Å². The Bertz CT molecular complexity index is 728. The summed E-state index contributed by atoms with van der Waals surface area (Å²) < 4.78 is 0. The van der Waals surface area contributed by atoms with E-state index >= 15 is 0 Å². The molecule has 1 heterocycles. The number of hydrogen-bond acceptors (Lipinski definition) is 3. The molecule has 2 fully saturated rings. The first-order valence-electron chi connectivity index (χ1n) is 10.9. The highest BCUT2D eigenvalue weighted by Crippen LogP contribution is 2.36. The van der Waals surface area contributed by atoms with Crippen molar-refractivity contribution >= 4 is 17.7 Å². The SMILES string of the molecule is CCC1CCC(N(C(=O)CCCN2C(=O)c3ccccc3C2=O)C2CC2)CC1. The van der Waals surface area contributed by atoms with E-state index < -0.39 is 0 Å². The van der Waals surface area contributed by atoms with Gasteiger partial charge in [0.05, 0.1) is 11.1 Å². The quantitative estimate of drug-likeness (QED) is 0.669. The second kappa shape index (κ2) is 8.06. The van der Waals surface area contributed by atoms with Crippen LogP contribution in [0.15, 0.2) is 24.3 Å². The molecule has 28 heavy (non-hydrogen) atoms. The Balaban J connectivity index is 1.31. The van der Waals surface area contributed by atoms with Crippen LogP contribution in [0.1, 0.15) is 85.4 Å². The Labute approximate surface area is 167 Å². The lowest BCUT2D eigenvalue weighted by molar-refractivity contribution is -0.135. The molecule has 0 N–H and O–H groups in total. The van der Waals surface area contributed by atoms with E-state index in [1.54, 1.807) is 24.3 Å². The van der Waals surface area contributed by atoms with Gasteiger partial charge in [-0.3, -0.25) is 19.3 Å². The van der Waals surface area contributed by atoms with Gasteiger partial charge < -0.3 is 4.90 Å². The molecule has 1 aromatic rings. The van der Waals surface area contributed by atoms with Gasteiger partial charge in [0.15, 0.2) is 0 Å². The predicted molar refractivity (Wildman–Crippen MR) is 107 cm³/mol. The second-order valence-corrected chi connectivity index (χ2v) is 8.53. The Morgan fingerprint density at radius 1 is 0.964 bits per heavy atom. The van der Waals surface area contributed by atoms with Gasteiger partial charge in [-0.1, -0.05) is 25.5 Å². The Morgan fingerprint density at radius 3 is 2.00 bits per heavy atom. The number of hydrogen-bond donors (Lipinski definition) is 0. The van der Waals surface area contributed by atoms with Crippen molar-refractivity contribution in [2.75, 3.05) is 6.54 Å². The number of carbonyl (C=O) groups excluding carboxylic acids is 3. The van der Waals surface area contributed by atoms with Gasteiger partial charge in [0.1, 0.15) is 0 Å². The maximum Gasteiger partial charge on any atom is 0.261 e. The molecule has 0 aromatic heterocycles. The molecule has 0 saturated heterocycles. The predicted octanol–water partition coefficient (Wildman–Crippen LogP) is 4.02. The minimum Gasteiger partial charge on any atom is -0.337 e. The van der Waals surface area contributed by atoms with Crippen LogP contribution in [0, 0.1) is 5.92 Å². The molecule has 4 rings (SSSR count). The van der Waals surface area contributed by atoms with E-state index in [-0.39, 0.29) is 17.7 Å². The molecule has 5 nitrogen and oxygen atoms in total. The molecular formula is C23H30N2O3. The third kappa shape index (κ3) is 3.71. The summed E-state index contributed by atoms with van der Waals surface area (Å²) in [6.07, 6.45) is 9.15. The van der Waals surface area contributed by atoms with E-state index in [1.807, 2.05) is 0 Å². The normalized spacial score (nSPS) is 24.4. The minimum absolute atomic E-state index is 0.207. The Hall–Kier alpha value is -2.17. The van der Waals surface area contributed by atoms with Crippen LogP contribution in [0.4, 0.5) is 0 Å². The molecule has 150 valence electrons. The summed E-state index contributed by atoms with van der Waals surface area (Å²) in [6, 6.07) is 7.76. The van der Waals surface area contributed by atoms with Gasteiger partial charge in [-0.15, -0.1) is 0 Å². The fourth-order valence-electron chi connectivity index (χ4n) is 4.85. The van der Waals surface area contributed by atoms with Crippen molar-refractivity contribution < 1.29 is 14.4 Å². The summed E-state index contributed by atoms with van der Waals surface area (Å²) >= 11 is 0. The molecule has 0 spiro atoms. The van der Waals surface area contributed by atoms with Crippen LogP contribution in [-0.2, 0) is 4.79 Å². The lowest BCUT2D eigenvalue weighted by Crippen LogP contribution is -2.44. The summed E-state index contributed by atoms with van der Waals surface area (Å²) in [4.78, 5) is 41.3. The Morgan fingerprint density at radius 2 is 1.50 bits per heavy atom.